The van der Waals surface area contributed by atoms with Crippen molar-refractivity contribution in [2.45, 2.75) is 4.90 Å². The predicted octanol–water partition coefficient (Wildman–Crippen LogP) is 2.38. The quantitative estimate of drug-likeness (QED) is 0.554. The number of thioether (sulfide) groups is 1. The van der Waals surface area contributed by atoms with E-state index < -0.39 is 0 Å². The van der Waals surface area contributed by atoms with Crippen LogP contribution in [0.2, 0.25) is 0 Å². The fourth-order valence-corrected chi connectivity index (χ4v) is 1.38. The van der Waals surface area contributed by atoms with E-state index in [1.807, 2.05) is 30.5 Å². The molecule has 0 saturated carbocycles. The van der Waals surface area contributed by atoms with Crippen LogP contribution in [-0.2, 0) is 4.84 Å². The van der Waals surface area contributed by atoms with Gasteiger partial charge in [0.25, 0.3) is 0 Å². The summed E-state index contributed by atoms with van der Waals surface area (Å²) in [6, 6.07) is 8.01. The van der Waals surface area contributed by atoms with E-state index in [4.69, 9.17) is 4.84 Å². The first-order valence-corrected chi connectivity index (χ1v) is 4.53. The van der Waals surface area contributed by atoms with Crippen LogP contribution < -0.4 is 5.48 Å². The molecular weight excluding hydrogens is 158 g/mol. The molecule has 0 bridgehead atoms. The molecule has 2 nitrogen and oxygen atoms in total. The summed E-state index contributed by atoms with van der Waals surface area (Å²) in [4.78, 5) is 6.00. The number of benzene rings is 1. The van der Waals surface area contributed by atoms with Crippen LogP contribution in [0, 0.1) is 0 Å². The van der Waals surface area contributed by atoms with Crippen molar-refractivity contribution in [2.24, 2.45) is 0 Å². The van der Waals surface area contributed by atoms with Gasteiger partial charge in [-0.1, -0.05) is 12.1 Å². The summed E-state index contributed by atoms with van der Waals surface area (Å²) >= 11 is 1.69. The van der Waals surface area contributed by atoms with Crippen molar-refractivity contribution in [1.29, 1.82) is 0 Å². The molecule has 0 aliphatic heterocycles. The average Bonchev–Trinajstić information content (AvgIpc) is 2.06. The molecule has 11 heavy (non-hydrogen) atoms. The van der Waals surface area contributed by atoms with E-state index >= 15 is 0 Å². The molecule has 0 atom stereocenters. The van der Waals surface area contributed by atoms with Crippen LogP contribution in [0.1, 0.15) is 0 Å². The number of para-hydroxylation sites is 1. The van der Waals surface area contributed by atoms with Crippen molar-refractivity contribution in [3.63, 3.8) is 0 Å². The molecule has 0 saturated heterocycles. The third-order valence-electron chi connectivity index (χ3n) is 1.32. The van der Waals surface area contributed by atoms with Gasteiger partial charge in [-0.25, -0.2) is 0 Å². The van der Waals surface area contributed by atoms with E-state index in [0.717, 1.165) is 5.69 Å². The minimum Gasteiger partial charge on any atom is -0.279 e. The fraction of sp³-hybridized carbons (Fsp3) is 0.250. The Hall–Kier alpha value is -0.670. The van der Waals surface area contributed by atoms with Crippen molar-refractivity contribution in [1.82, 2.24) is 0 Å². The number of nitrogens with one attached hydrogen (secondary N) is 1. The molecule has 0 heterocycles. The summed E-state index contributed by atoms with van der Waals surface area (Å²) in [7, 11) is 1.61. The second kappa shape index (κ2) is 4.26. The Kier molecular flexibility index (Phi) is 3.26. The van der Waals surface area contributed by atoms with E-state index in [-0.39, 0.29) is 0 Å². The number of anilines is 1. The van der Waals surface area contributed by atoms with E-state index in [0.29, 0.717) is 0 Å². The van der Waals surface area contributed by atoms with Gasteiger partial charge in [0.15, 0.2) is 0 Å². The maximum Gasteiger partial charge on any atom is 0.0740 e. The zero-order chi connectivity index (χ0) is 8.10. The number of hydrogen-bond donors (Lipinski definition) is 1. The summed E-state index contributed by atoms with van der Waals surface area (Å²) in [6.45, 7) is 0. The summed E-state index contributed by atoms with van der Waals surface area (Å²) in [6.07, 6.45) is 2.04. The molecule has 0 aliphatic carbocycles. The Morgan fingerprint density at radius 1 is 1.36 bits per heavy atom. The third kappa shape index (κ3) is 2.13. The molecular formula is C8H11NOS. The van der Waals surface area contributed by atoms with Gasteiger partial charge in [-0.2, -0.15) is 0 Å². The SMILES string of the molecule is CONc1ccccc1SC. The van der Waals surface area contributed by atoms with Gasteiger partial charge in [-0.05, 0) is 18.4 Å². The zero-order valence-corrected chi connectivity index (χ0v) is 7.44. The second-order valence-corrected chi connectivity index (χ2v) is 2.85. The largest absolute Gasteiger partial charge is 0.279 e. The minimum absolute atomic E-state index is 1.02. The van der Waals surface area contributed by atoms with Gasteiger partial charge in [-0.15, -0.1) is 11.8 Å². The van der Waals surface area contributed by atoms with Crippen molar-refractivity contribution in [3.8, 4) is 0 Å². The van der Waals surface area contributed by atoms with Crippen LogP contribution in [0.4, 0.5) is 5.69 Å². The molecule has 3 heteroatoms. The molecule has 0 aromatic heterocycles. The number of rotatable bonds is 3. The number of hydrogen-bond acceptors (Lipinski definition) is 3. The lowest BCUT2D eigenvalue weighted by Gasteiger charge is -2.06. The van der Waals surface area contributed by atoms with Crippen LogP contribution in [0.5, 0.6) is 0 Å². The normalized spacial score (nSPS) is 9.64. The summed E-state index contributed by atoms with van der Waals surface area (Å²) in [5.41, 5.74) is 3.82. The molecule has 1 aromatic carbocycles. The highest BCUT2D eigenvalue weighted by Gasteiger charge is 1.96. The Balaban J connectivity index is 2.83. The van der Waals surface area contributed by atoms with Crippen LogP contribution in [-0.4, -0.2) is 13.4 Å². The maximum absolute atomic E-state index is 4.81. The monoisotopic (exact) mass is 169 g/mol. The summed E-state index contributed by atoms with van der Waals surface area (Å²) in [5, 5.41) is 0. The van der Waals surface area contributed by atoms with Gasteiger partial charge in [0, 0.05) is 4.90 Å². The Morgan fingerprint density at radius 3 is 2.73 bits per heavy atom. The molecule has 1 aromatic rings. The topological polar surface area (TPSA) is 21.3 Å². The van der Waals surface area contributed by atoms with Crippen molar-refractivity contribution in [3.05, 3.63) is 24.3 Å². The van der Waals surface area contributed by atoms with Gasteiger partial charge >= 0.3 is 0 Å². The average molecular weight is 169 g/mol. The van der Waals surface area contributed by atoms with E-state index in [1.54, 1.807) is 18.9 Å². The Labute approximate surface area is 70.9 Å². The molecule has 0 fully saturated rings. The molecule has 0 aliphatic rings. The lowest BCUT2D eigenvalue weighted by atomic mass is 10.3. The fourth-order valence-electron chi connectivity index (χ4n) is 0.839. The first-order chi connectivity index (χ1) is 5.38. The van der Waals surface area contributed by atoms with Gasteiger partial charge in [0.1, 0.15) is 0 Å². The van der Waals surface area contributed by atoms with E-state index in [9.17, 15) is 0 Å². The first kappa shape index (κ1) is 8.43. The molecule has 0 radical (unpaired) electrons. The molecule has 0 unspecified atom stereocenters. The molecule has 1 N–H and O–H groups in total. The highest BCUT2D eigenvalue weighted by atomic mass is 32.2. The van der Waals surface area contributed by atoms with Gasteiger partial charge in [0.2, 0.25) is 0 Å². The van der Waals surface area contributed by atoms with Crippen LogP contribution in [0.3, 0.4) is 0 Å². The highest BCUT2D eigenvalue weighted by Crippen LogP contribution is 2.23. The first-order valence-electron chi connectivity index (χ1n) is 3.30. The van der Waals surface area contributed by atoms with Crippen molar-refractivity contribution in [2.75, 3.05) is 18.8 Å². The van der Waals surface area contributed by atoms with E-state index in [1.165, 1.54) is 4.90 Å². The van der Waals surface area contributed by atoms with Crippen LogP contribution >= 0.6 is 11.8 Å². The lowest BCUT2D eigenvalue weighted by molar-refractivity contribution is 0.270. The Morgan fingerprint density at radius 2 is 2.09 bits per heavy atom. The minimum atomic E-state index is 1.02. The van der Waals surface area contributed by atoms with Crippen molar-refractivity contribution < 1.29 is 4.84 Å². The summed E-state index contributed by atoms with van der Waals surface area (Å²) < 4.78 is 0. The molecule has 1 rings (SSSR count). The Bertz CT molecular complexity index is 227. The third-order valence-corrected chi connectivity index (χ3v) is 2.11. The van der Waals surface area contributed by atoms with E-state index in [2.05, 4.69) is 5.48 Å². The van der Waals surface area contributed by atoms with Gasteiger partial charge in [-0.3, -0.25) is 10.3 Å². The standard InChI is InChI=1S/C8H11NOS/c1-10-9-7-5-3-4-6-8(7)11-2/h3-6,9H,1-2H3. The summed E-state index contributed by atoms with van der Waals surface area (Å²) in [5.74, 6) is 0. The van der Waals surface area contributed by atoms with Gasteiger partial charge < -0.3 is 0 Å². The highest BCUT2D eigenvalue weighted by molar-refractivity contribution is 7.98. The zero-order valence-electron chi connectivity index (χ0n) is 6.63. The molecule has 60 valence electrons. The maximum atomic E-state index is 4.81. The van der Waals surface area contributed by atoms with Crippen LogP contribution in [0.15, 0.2) is 29.2 Å². The molecule has 0 spiro atoms. The predicted molar refractivity (Wildman–Crippen MR) is 48.9 cm³/mol. The molecule has 0 amide bonds. The van der Waals surface area contributed by atoms with Crippen LogP contribution in [0.25, 0.3) is 0 Å². The second-order valence-electron chi connectivity index (χ2n) is 2.01. The van der Waals surface area contributed by atoms with Gasteiger partial charge in [0.05, 0.1) is 12.8 Å². The lowest BCUT2D eigenvalue weighted by Crippen LogP contribution is -1.96. The smallest absolute Gasteiger partial charge is 0.0740 e. The van der Waals surface area contributed by atoms with Crippen molar-refractivity contribution >= 4 is 17.4 Å².